The highest BCUT2D eigenvalue weighted by molar-refractivity contribution is 7.80. The second-order valence-electron chi connectivity index (χ2n) is 4.63. The number of nitrogens with one attached hydrogen (secondary N) is 2. The maximum atomic E-state index is 11.6. The molecule has 0 radical (unpaired) electrons. The van der Waals surface area contributed by atoms with Gasteiger partial charge in [0.1, 0.15) is 17.2 Å². The number of hydrogen-bond acceptors (Lipinski definition) is 3. The second-order valence-corrected chi connectivity index (χ2v) is 5.47. The summed E-state index contributed by atoms with van der Waals surface area (Å²) in [6.45, 7) is 1.98. The summed E-state index contributed by atoms with van der Waals surface area (Å²) in [6.07, 6.45) is 1.61. The van der Waals surface area contributed by atoms with Crippen LogP contribution in [0.2, 0.25) is 5.02 Å². The summed E-state index contributed by atoms with van der Waals surface area (Å²) < 4.78 is 5.75. The van der Waals surface area contributed by atoms with E-state index in [4.69, 9.17) is 28.2 Å². The van der Waals surface area contributed by atoms with Crippen LogP contribution in [-0.2, 0) is 4.79 Å². The summed E-state index contributed by atoms with van der Waals surface area (Å²) in [5.74, 6) is 0.992. The Morgan fingerprint density at radius 1 is 1.24 bits per heavy atom. The van der Waals surface area contributed by atoms with Gasteiger partial charge in [0.05, 0.1) is 0 Å². The Bertz CT molecular complexity index is 780. The molecule has 0 unspecified atom stereocenters. The fraction of sp³-hybridized carbons (Fsp3) is 0.0667. The minimum absolute atomic E-state index is 0.267. The van der Waals surface area contributed by atoms with Gasteiger partial charge in [-0.05, 0) is 49.0 Å². The fourth-order valence-electron chi connectivity index (χ4n) is 2.06. The standard InChI is InChI=1S/C15H11ClN2O2S/c1-8-2-3-9(16)6-11(8)13-5-4-10(20-13)7-12-14(19)18-15(21)17-12/h2-7H,1H3,(H2,17,18,19,21)/b12-7+. The molecule has 21 heavy (non-hydrogen) atoms. The molecule has 2 N–H and O–H groups in total. The SMILES string of the molecule is Cc1ccc(Cl)cc1-c1ccc(/C=C2/NC(=S)NC2=O)o1. The van der Waals surface area contributed by atoms with E-state index in [0.29, 0.717) is 27.4 Å². The molecule has 3 rings (SSSR count). The van der Waals surface area contributed by atoms with Crippen LogP contribution < -0.4 is 10.6 Å². The van der Waals surface area contributed by atoms with Crippen LogP contribution in [0.5, 0.6) is 0 Å². The van der Waals surface area contributed by atoms with Crippen molar-refractivity contribution in [1.82, 2.24) is 10.6 Å². The quantitative estimate of drug-likeness (QED) is 0.659. The maximum Gasteiger partial charge on any atom is 0.274 e. The van der Waals surface area contributed by atoms with E-state index < -0.39 is 0 Å². The average Bonchev–Trinajstić information content (AvgIpc) is 3.00. The molecule has 0 bridgehead atoms. The normalized spacial score (nSPS) is 16.2. The first-order chi connectivity index (χ1) is 10.0. The highest BCUT2D eigenvalue weighted by Crippen LogP contribution is 2.28. The van der Waals surface area contributed by atoms with Crippen molar-refractivity contribution in [1.29, 1.82) is 0 Å². The third-order valence-electron chi connectivity index (χ3n) is 3.10. The van der Waals surface area contributed by atoms with Crippen LogP contribution in [0.1, 0.15) is 11.3 Å². The van der Waals surface area contributed by atoms with Gasteiger partial charge >= 0.3 is 0 Å². The van der Waals surface area contributed by atoms with E-state index >= 15 is 0 Å². The largest absolute Gasteiger partial charge is 0.457 e. The van der Waals surface area contributed by atoms with Crippen molar-refractivity contribution in [3.8, 4) is 11.3 Å². The summed E-state index contributed by atoms with van der Waals surface area (Å²) >= 11 is 10.9. The van der Waals surface area contributed by atoms with Crippen LogP contribution in [0, 0.1) is 6.92 Å². The zero-order valence-electron chi connectivity index (χ0n) is 11.1. The lowest BCUT2D eigenvalue weighted by Crippen LogP contribution is -2.21. The molecule has 0 aliphatic carbocycles. The van der Waals surface area contributed by atoms with Crippen LogP contribution in [0.25, 0.3) is 17.4 Å². The van der Waals surface area contributed by atoms with Crippen molar-refractivity contribution in [2.75, 3.05) is 0 Å². The molecular weight excluding hydrogens is 308 g/mol. The number of hydrogen-bond donors (Lipinski definition) is 2. The zero-order chi connectivity index (χ0) is 15.0. The Hall–Kier alpha value is -2.11. The highest BCUT2D eigenvalue weighted by atomic mass is 35.5. The van der Waals surface area contributed by atoms with Crippen LogP contribution in [0.4, 0.5) is 0 Å². The first-order valence-corrected chi connectivity index (χ1v) is 7.02. The number of furan rings is 1. The zero-order valence-corrected chi connectivity index (χ0v) is 12.6. The lowest BCUT2D eigenvalue weighted by Gasteiger charge is -2.02. The van der Waals surface area contributed by atoms with Gasteiger partial charge in [0.2, 0.25) is 0 Å². The lowest BCUT2D eigenvalue weighted by atomic mass is 10.1. The number of benzene rings is 1. The van der Waals surface area contributed by atoms with Gasteiger partial charge in [0.15, 0.2) is 5.11 Å². The van der Waals surface area contributed by atoms with E-state index in [9.17, 15) is 4.79 Å². The number of carbonyl (C=O) groups excluding carboxylic acids is 1. The molecule has 1 amide bonds. The van der Waals surface area contributed by atoms with Crippen LogP contribution in [0.3, 0.4) is 0 Å². The van der Waals surface area contributed by atoms with E-state index in [-0.39, 0.29) is 5.91 Å². The monoisotopic (exact) mass is 318 g/mol. The Morgan fingerprint density at radius 3 is 2.76 bits per heavy atom. The highest BCUT2D eigenvalue weighted by Gasteiger charge is 2.20. The predicted octanol–water partition coefficient (Wildman–Crippen LogP) is 3.25. The van der Waals surface area contributed by atoms with Gasteiger partial charge in [0.25, 0.3) is 5.91 Å². The number of halogens is 1. The molecule has 1 aromatic heterocycles. The van der Waals surface area contributed by atoms with E-state index in [0.717, 1.165) is 11.1 Å². The number of amides is 1. The van der Waals surface area contributed by atoms with Gasteiger partial charge in [-0.15, -0.1) is 0 Å². The summed E-state index contributed by atoms with van der Waals surface area (Å²) in [4.78, 5) is 11.6. The molecule has 0 spiro atoms. The molecule has 1 fully saturated rings. The van der Waals surface area contributed by atoms with E-state index in [2.05, 4.69) is 10.6 Å². The van der Waals surface area contributed by atoms with Gasteiger partial charge in [-0.1, -0.05) is 17.7 Å². The maximum absolute atomic E-state index is 11.6. The number of aryl methyl sites for hydroxylation is 1. The molecule has 6 heteroatoms. The third-order valence-corrected chi connectivity index (χ3v) is 3.54. The van der Waals surface area contributed by atoms with E-state index in [1.807, 2.05) is 31.2 Å². The topological polar surface area (TPSA) is 54.3 Å². The van der Waals surface area contributed by atoms with Gasteiger partial charge < -0.3 is 9.73 Å². The molecule has 0 saturated carbocycles. The Labute approximate surface area is 131 Å². The van der Waals surface area contributed by atoms with E-state index in [1.165, 1.54) is 0 Å². The molecular formula is C15H11ClN2O2S. The molecule has 1 aliphatic heterocycles. The average molecular weight is 319 g/mol. The first kappa shape index (κ1) is 13.9. The molecule has 4 nitrogen and oxygen atoms in total. The van der Waals surface area contributed by atoms with Crippen LogP contribution in [-0.4, -0.2) is 11.0 Å². The fourth-order valence-corrected chi connectivity index (χ4v) is 2.43. The first-order valence-electron chi connectivity index (χ1n) is 6.23. The molecule has 106 valence electrons. The minimum Gasteiger partial charge on any atom is -0.457 e. The third kappa shape index (κ3) is 2.84. The Morgan fingerprint density at radius 2 is 2.05 bits per heavy atom. The van der Waals surface area contributed by atoms with Crippen molar-refractivity contribution in [3.05, 3.63) is 52.4 Å². The minimum atomic E-state index is -0.267. The smallest absolute Gasteiger partial charge is 0.274 e. The van der Waals surface area contributed by atoms with Crippen molar-refractivity contribution >= 4 is 40.9 Å². The van der Waals surface area contributed by atoms with Gasteiger partial charge in [-0.2, -0.15) is 0 Å². The van der Waals surface area contributed by atoms with Gasteiger partial charge in [0, 0.05) is 16.7 Å². The number of carbonyl (C=O) groups is 1. The van der Waals surface area contributed by atoms with Gasteiger partial charge in [-0.25, -0.2) is 0 Å². The molecule has 2 aromatic rings. The lowest BCUT2D eigenvalue weighted by molar-refractivity contribution is -0.115. The van der Waals surface area contributed by atoms with Gasteiger partial charge in [-0.3, -0.25) is 10.1 Å². The molecule has 0 atom stereocenters. The second kappa shape index (κ2) is 5.35. The predicted molar refractivity (Wildman–Crippen MR) is 85.7 cm³/mol. The number of rotatable bonds is 2. The Kier molecular flexibility index (Phi) is 3.53. The van der Waals surface area contributed by atoms with Crippen LogP contribution >= 0.6 is 23.8 Å². The van der Waals surface area contributed by atoms with Crippen molar-refractivity contribution in [2.45, 2.75) is 6.92 Å². The summed E-state index contributed by atoms with van der Waals surface area (Å²) in [6, 6.07) is 9.25. The summed E-state index contributed by atoms with van der Waals surface area (Å²) in [5, 5.41) is 6.21. The molecule has 1 saturated heterocycles. The van der Waals surface area contributed by atoms with Crippen LogP contribution in [0.15, 0.2) is 40.4 Å². The molecule has 2 heterocycles. The van der Waals surface area contributed by atoms with Crippen molar-refractivity contribution in [3.63, 3.8) is 0 Å². The summed E-state index contributed by atoms with van der Waals surface area (Å²) in [7, 11) is 0. The van der Waals surface area contributed by atoms with Crippen molar-refractivity contribution < 1.29 is 9.21 Å². The molecule has 1 aromatic carbocycles. The van der Waals surface area contributed by atoms with Crippen molar-refractivity contribution in [2.24, 2.45) is 0 Å². The summed E-state index contributed by atoms with van der Waals surface area (Å²) in [5.41, 5.74) is 2.35. The number of thiocarbonyl (C=S) groups is 1. The van der Waals surface area contributed by atoms with E-state index in [1.54, 1.807) is 12.1 Å². The molecule has 1 aliphatic rings. The Balaban J connectivity index is 1.94.